The molecule has 116 valence electrons. The van der Waals surface area contributed by atoms with Crippen molar-refractivity contribution < 1.29 is 24.2 Å². The highest BCUT2D eigenvalue weighted by molar-refractivity contribution is 5.77. The van der Waals surface area contributed by atoms with Gasteiger partial charge in [-0.05, 0) is 27.7 Å². The third-order valence-electron chi connectivity index (χ3n) is 2.98. The van der Waals surface area contributed by atoms with Crippen molar-refractivity contribution in [2.75, 3.05) is 26.7 Å². The summed E-state index contributed by atoms with van der Waals surface area (Å²) >= 11 is 0. The maximum absolute atomic E-state index is 12.1. The van der Waals surface area contributed by atoms with Crippen LogP contribution in [0.3, 0.4) is 0 Å². The molecule has 0 saturated carbocycles. The fourth-order valence-corrected chi connectivity index (χ4v) is 2.49. The maximum atomic E-state index is 12.1. The smallest absolute Gasteiger partial charge is 0.334 e. The van der Waals surface area contributed by atoms with Crippen molar-refractivity contribution in [3.05, 3.63) is 0 Å². The fourth-order valence-electron chi connectivity index (χ4n) is 2.49. The first kappa shape index (κ1) is 16.7. The van der Waals surface area contributed by atoms with Crippen molar-refractivity contribution in [1.29, 1.82) is 0 Å². The molecule has 7 nitrogen and oxygen atoms in total. The summed E-state index contributed by atoms with van der Waals surface area (Å²) in [5, 5.41) is 11.4. The number of amides is 2. The number of hydrogen-bond acceptors (Lipinski definition) is 4. The van der Waals surface area contributed by atoms with Gasteiger partial charge in [-0.25, -0.2) is 9.59 Å². The Morgan fingerprint density at radius 2 is 1.80 bits per heavy atom. The highest BCUT2D eigenvalue weighted by Crippen LogP contribution is 2.27. The molecule has 0 radical (unpaired) electrons. The Balaban J connectivity index is 2.61. The SMILES string of the molecule is COC(CNC(=O)N1CC(C)(C)OC(C)(C)C1)C(=O)O. The molecule has 0 aliphatic carbocycles. The zero-order chi connectivity index (χ0) is 15.6. The van der Waals surface area contributed by atoms with Crippen molar-refractivity contribution in [2.24, 2.45) is 0 Å². The molecule has 1 aliphatic rings. The van der Waals surface area contributed by atoms with Crippen molar-refractivity contribution in [3.63, 3.8) is 0 Å². The molecular formula is C13H24N2O5. The number of hydrogen-bond donors (Lipinski definition) is 2. The summed E-state index contributed by atoms with van der Waals surface area (Å²) in [4.78, 5) is 24.6. The van der Waals surface area contributed by atoms with Crippen LogP contribution in [0.1, 0.15) is 27.7 Å². The summed E-state index contributed by atoms with van der Waals surface area (Å²) in [6.07, 6.45) is -1.04. The van der Waals surface area contributed by atoms with E-state index in [1.54, 1.807) is 4.90 Å². The first-order chi connectivity index (χ1) is 9.06. The van der Waals surface area contributed by atoms with Crippen LogP contribution in [0, 0.1) is 0 Å². The molecule has 1 atom stereocenters. The number of methoxy groups -OCH3 is 1. The average Bonchev–Trinajstić information content (AvgIpc) is 2.24. The first-order valence-electron chi connectivity index (χ1n) is 6.55. The van der Waals surface area contributed by atoms with Gasteiger partial charge in [0.25, 0.3) is 0 Å². The lowest BCUT2D eigenvalue weighted by atomic mass is 9.99. The Hall–Kier alpha value is -1.34. The van der Waals surface area contributed by atoms with E-state index in [9.17, 15) is 9.59 Å². The van der Waals surface area contributed by atoms with Crippen LogP contribution < -0.4 is 5.32 Å². The Bertz CT molecular complexity index is 365. The number of aliphatic carboxylic acids is 1. The molecule has 2 N–H and O–H groups in total. The Labute approximate surface area is 119 Å². The third-order valence-corrected chi connectivity index (χ3v) is 2.98. The molecule has 20 heavy (non-hydrogen) atoms. The van der Waals surface area contributed by atoms with E-state index in [0.29, 0.717) is 13.1 Å². The van der Waals surface area contributed by atoms with Gasteiger partial charge in [0.15, 0.2) is 6.10 Å². The molecule has 1 unspecified atom stereocenters. The van der Waals surface area contributed by atoms with Crippen molar-refractivity contribution in [3.8, 4) is 0 Å². The molecule has 1 heterocycles. The highest BCUT2D eigenvalue weighted by atomic mass is 16.5. The monoisotopic (exact) mass is 288 g/mol. The number of urea groups is 1. The lowest BCUT2D eigenvalue weighted by Crippen LogP contribution is -2.60. The van der Waals surface area contributed by atoms with Gasteiger partial charge in [0, 0.05) is 7.11 Å². The Morgan fingerprint density at radius 1 is 1.30 bits per heavy atom. The molecular weight excluding hydrogens is 264 g/mol. The van der Waals surface area contributed by atoms with E-state index >= 15 is 0 Å². The number of carboxylic acids is 1. The molecule has 0 aromatic heterocycles. The average molecular weight is 288 g/mol. The van der Waals surface area contributed by atoms with Gasteiger partial charge in [0.1, 0.15) is 0 Å². The molecule has 0 aromatic carbocycles. The summed E-state index contributed by atoms with van der Waals surface area (Å²) in [6.45, 7) is 8.52. The number of morpholine rings is 1. The molecule has 1 saturated heterocycles. The molecule has 0 spiro atoms. The lowest BCUT2D eigenvalue weighted by Gasteiger charge is -2.47. The summed E-state index contributed by atoms with van der Waals surface area (Å²) in [5.41, 5.74) is -0.876. The molecule has 1 aliphatic heterocycles. The van der Waals surface area contributed by atoms with Crippen LogP contribution in [0.2, 0.25) is 0 Å². The Morgan fingerprint density at radius 3 is 2.20 bits per heavy atom. The van der Waals surface area contributed by atoms with Gasteiger partial charge in [-0.1, -0.05) is 0 Å². The predicted molar refractivity (Wildman–Crippen MR) is 72.6 cm³/mol. The van der Waals surface area contributed by atoms with Crippen LogP contribution in [-0.4, -0.2) is 66.1 Å². The van der Waals surface area contributed by atoms with E-state index in [1.165, 1.54) is 7.11 Å². The lowest BCUT2D eigenvalue weighted by molar-refractivity contribution is -0.170. The van der Waals surface area contributed by atoms with Crippen molar-refractivity contribution >= 4 is 12.0 Å². The van der Waals surface area contributed by atoms with Crippen LogP contribution in [0.4, 0.5) is 4.79 Å². The zero-order valence-corrected chi connectivity index (χ0v) is 12.7. The molecule has 0 bridgehead atoms. The summed E-state index contributed by atoms with van der Waals surface area (Å²) < 4.78 is 10.7. The minimum Gasteiger partial charge on any atom is -0.479 e. The number of ether oxygens (including phenoxy) is 2. The van der Waals surface area contributed by atoms with E-state index in [0.717, 1.165) is 0 Å². The van der Waals surface area contributed by atoms with Crippen LogP contribution in [0.25, 0.3) is 0 Å². The minimum atomic E-state index is -1.10. The molecule has 1 fully saturated rings. The van der Waals surface area contributed by atoms with E-state index in [1.807, 2.05) is 27.7 Å². The molecule has 2 amide bonds. The second-order valence-corrected chi connectivity index (χ2v) is 6.23. The van der Waals surface area contributed by atoms with Crippen LogP contribution in [-0.2, 0) is 14.3 Å². The Kier molecular flexibility index (Phi) is 4.99. The number of nitrogens with one attached hydrogen (secondary N) is 1. The minimum absolute atomic E-state index is 0.0666. The number of rotatable bonds is 4. The van der Waals surface area contributed by atoms with E-state index in [4.69, 9.17) is 14.6 Å². The summed E-state index contributed by atoms with van der Waals surface area (Å²) in [7, 11) is 1.30. The topological polar surface area (TPSA) is 88.1 Å². The summed E-state index contributed by atoms with van der Waals surface area (Å²) in [6, 6.07) is -0.308. The summed E-state index contributed by atoms with van der Waals surface area (Å²) in [5.74, 6) is -1.10. The molecule has 0 aromatic rings. The number of carbonyl (C=O) groups is 2. The van der Waals surface area contributed by atoms with Crippen LogP contribution >= 0.6 is 0 Å². The number of carboxylic acid groups (broad SMARTS) is 1. The van der Waals surface area contributed by atoms with Gasteiger partial charge < -0.3 is 24.8 Å². The molecule has 7 heteroatoms. The van der Waals surface area contributed by atoms with E-state index < -0.39 is 23.3 Å². The maximum Gasteiger partial charge on any atom is 0.334 e. The first-order valence-corrected chi connectivity index (χ1v) is 6.55. The van der Waals surface area contributed by atoms with Gasteiger partial charge in [0.2, 0.25) is 0 Å². The van der Waals surface area contributed by atoms with Gasteiger partial charge in [-0.3, -0.25) is 0 Å². The standard InChI is InChI=1S/C13H24N2O5/c1-12(2)7-15(8-13(3,4)20-12)11(18)14-6-9(19-5)10(16)17/h9H,6-8H2,1-5H3,(H,14,18)(H,16,17). The third kappa shape index (κ3) is 4.64. The van der Waals surface area contributed by atoms with Crippen molar-refractivity contribution in [1.82, 2.24) is 10.2 Å². The fraction of sp³-hybridized carbons (Fsp3) is 0.846. The van der Waals surface area contributed by atoms with Gasteiger partial charge in [0.05, 0.1) is 30.8 Å². The van der Waals surface area contributed by atoms with Gasteiger partial charge in [-0.2, -0.15) is 0 Å². The largest absolute Gasteiger partial charge is 0.479 e. The van der Waals surface area contributed by atoms with E-state index in [-0.39, 0.29) is 12.6 Å². The van der Waals surface area contributed by atoms with E-state index in [2.05, 4.69) is 5.32 Å². The van der Waals surface area contributed by atoms with Crippen LogP contribution in [0.5, 0.6) is 0 Å². The zero-order valence-electron chi connectivity index (χ0n) is 12.7. The second-order valence-electron chi connectivity index (χ2n) is 6.23. The normalized spacial score (nSPS) is 22.1. The molecule has 1 rings (SSSR count). The second kappa shape index (κ2) is 5.97. The van der Waals surface area contributed by atoms with Crippen LogP contribution in [0.15, 0.2) is 0 Å². The predicted octanol–water partition coefficient (Wildman–Crippen LogP) is 0.685. The number of nitrogens with zero attached hydrogens (tertiary/aromatic N) is 1. The van der Waals surface area contributed by atoms with Gasteiger partial charge in [-0.15, -0.1) is 0 Å². The number of carbonyl (C=O) groups excluding carboxylic acids is 1. The van der Waals surface area contributed by atoms with Gasteiger partial charge >= 0.3 is 12.0 Å². The quantitative estimate of drug-likeness (QED) is 0.794. The van der Waals surface area contributed by atoms with Crippen molar-refractivity contribution in [2.45, 2.75) is 45.0 Å². The highest BCUT2D eigenvalue weighted by Gasteiger charge is 2.40.